The molecule has 2 aromatic carbocycles. The third kappa shape index (κ3) is 6.38. The van der Waals surface area contributed by atoms with Crippen molar-refractivity contribution in [3.05, 3.63) is 64.7 Å². The van der Waals surface area contributed by atoms with E-state index in [0.29, 0.717) is 11.1 Å². The molecule has 0 aliphatic heterocycles. The quantitative estimate of drug-likeness (QED) is 0.306. The van der Waals surface area contributed by atoms with Gasteiger partial charge in [-0.2, -0.15) is 34.8 Å². The van der Waals surface area contributed by atoms with Crippen LogP contribution in [0.4, 0.5) is 32.0 Å². The van der Waals surface area contributed by atoms with E-state index in [1.807, 2.05) is 0 Å². The number of aryl methyl sites for hydroxylation is 1. The lowest BCUT2D eigenvalue weighted by Gasteiger charge is -2.17. The first-order valence-corrected chi connectivity index (χ1v) is 10.7. The fourth-order valence-electron chi connectivity index (χ4n) is 2.59. The van der Waals surface area contributed by atoms with Crippen molar-refractivity contribution in [2.45, 2.75) is 39.1 Å². The Labute approximate surface area is 181 Å². The van der Waals surface area contributed by atoms with Crippen molar-refractivity contribution < 1.29 is 39.6 Å². The molecule has 2 rings (SSSR count). The van der Waals surface area contributed by atoms with E-state index >= 15 is 0 Å². The van der Waals surface area contributed by atoms with Crippen LogP contribution in [0.15, 0.2) is 47.6 Å². The van der Waals surface area contributed by atoms with Crippen LogP contribution in [0.3, 0.4) is 0 Å². The molecule has 12 heteroatoms. The number of halogens is 6. The molecular weight excluding hydrogens is 462 g/mol. The van der Waals surface area contributed by atoms with Crippen LogP contribution < -0.4 is 4.72 Å². The number of nitrogens with zero attached hydrogens (tertiary/aromatic N) is 1. The van der Waals surface area contributed by atoms with Crippen molar-refractivity contribution in [1.82, 2.24) is 0 Å². The van der Waals surface area contributed by atoms with Gasteiger partial charge < -0.3 is 4.84 Å². The molecule has 0 aliphatic rings. The van der Waals surface area contributed by atoms with Crippen LogP contribution >= 0.6 is 0 Å². The molecule has 5 nitrogen and oxygen atoms in total. The second-order valence-corrected chi connectivity index (χ2v) is 8.87. The lowest BCUT2D eigenvalue weighted by molar-refractivity contribution is -0.137. The zero-order chi connectivity index (χ0) is 24.3. The molecule has 176 valence electrons. The van der Waals surface area contributed by atoms with Gasteiger partial charge in [0.2, 0.25) is 0 Å². The van der Waals surface area contributed by atoms with Crippen LogP contribution in [0.5, 0.6) is 0 Å². The predicted octanol–water partition coefficient (Wildman–Crippen LogP) is 5.85. The van der Waals surface area contributed by atoms with Crippen LogP contribution in [-0.4, -0.2) is 19.6 Å². The average Bonchev–Trinajstić information content (AvgIpc) is 2.65. The third-order valence-electron chi connectivity index (χ3n) is 4.22. The van der Waals surface area contributed by atoms with E-state index in [0.717, 1.165) is 12.1 Å². The van der Waals surface area contributed by atoms with E-state index < -0.39 is 33.2 Å². The van der Waals surface area contributed by atoms with Gasteiger partial charge >= 0.3 is 21.7 Å². The van der Waals surface area contributed by atoms with E-state index in [1.54, 1.807) is 20.8 Å². The maximum absolute atomic E-state index is 12.8. The molecule has 0 aromatic heterocycles. The van der Waals surface area contributed by atoms with Gasteiger partial charge in [0, 0.05) is 5.56 Å². The normalized spacial score (nSPS) is 13.4. The number of oxime groups is 1. The third-order valence-corrected chi connectivity index (χ3v) is 5.32. The minimum atomic E-state index is -5.66. The Kier molecular flexibility index (Phi) is 7.48. The second-order valence-electron chi connectivity index (χ2n) is 7.20. The highest BCUT2D eigenvalue weighted by Gasteiger charge is 2.46. The van der Waals surface area contributed by atoms with Crippen molar-refractivity contribution in [3.63, 3.8) is 0 Å². The lowest BCUT2D eigenvalue weighted by Crippen LogP contribution is -2.30. The van der Waals surface area contributed by atoms with Gasteiger partial charge in [0.1, 0.15) is 6.61 Å². The van der Waals surface area contributed by atoms with Gasteiger partial charge in [0.05, 0.1) is 17.0 Å². The first kappa shape index (κ1) is 25.5. The fourth-order valence-corrected chi connectivity index (χ4v) is 3.18. The molecule has 0 spiro atoms. The highest BCUT2D eigenvalue weighted by molar-refractivity contribution is 7.93. The summed E-state index contributed by atoms with van der Waals surface area (Å²) in [4.78, 5) is 5.22. The molecule has 0 fully saturated rings. The minimum Gasteiger partial charge on any atom is -0.391 e. The van der Waals surface area contributed by atoms with Crippen LogP contribution in [0.2, 0.25) is 0 Å². The van der Waals surface area contributed by atoms with E-state index in [1.165, 1.54) is 35.1 Å². The number of anilines is 1. The molecule has 0 saturated heterocycles. The highest BCUT2D eigenvalue weighted by Crippen LogP contribution is 2.30. The Morgan fingerprint density at radius 3 is 2.12 bits per heavy atom. The summed E-state index contributed by atoms with van der Waals surface area (Å²) < 4.78 is 101. The summed E-state index contributed by atoms with van der Waals surface area (Å²) in [5.74, 6) is -0.390. The first-order chi connectivity index (χ1) is 14.6. The Morgan fingerprint density at radius 1 is 1.03 bits per heavy atom. The van der Waals surface area contributed by atoms with Crippen LogP contribution in [0.1, 0.15) is 36.1 Å². The molecule has 0 saturated carbocycles. The van der Waals surface area contributed by atoms with E-state index in [2.05, 4.69) is 5.16 Å². The van der Waals surface area contributed by atoms with Crippen molar-refractivity contribution in [3.8, 4) is 0 Å². The van der Waals surface area contributed by atoms with Gasteiger partial charge in [-0.25, -0.2) is 0 Å². The molecule has 0 atom stereocenters. The number of nitrogens with one attached hydrogen (secondary N) is 1. The summed E-state index contributed by atoms with van der Waals surface area (Å²) in [6.45, 7) is 4.80. The summed E-state index contributed by atoms with van der Waals surface area (Å²) in [6, 6.07) is 8.26. The fraction of sp³-hybridized carbons (Fsp3) is 0.350. The number of sulfonamides is 1. The number of benzene rings is 2. The highest BCUT2D eigenvalue weighted by atomic mass is 32.2. The molecular formula is C20H20F6N2O3S. The van der Waals surface area contributed by atoms with Gasteiger partial charge in [-0.05, 0) is 42.7 Å². The summed E-state index contributed by atoms with van der Waals surface area (Å²) in [7, 11) is -5.66. The molecule has 1 N–H and O–H groups in total. The molecule has 2 aromatic rings. The monoisotopic (exact) mass is 482 g/mol. The average molecular weight is 482 g/mol. The second kappa shape index (κ2) is 9.39. The summed E-state index contributed by atoms with van der Waals surface area (Å²) >= 11 is 0. The van der Waals surface area contributed by atoms with Crippen LogP contribution in [-0.2, 0) is 27.6 Å². The molecule has 0 bridgehead atoms. The number of alkyl halides is 6. The topological polar surface area (TPSA) is 67.8 Å². The van der Waals surface area contributed by atoms with Gasteiger partial charge in [0.25, 0.3) is 0 Å². The molecule has 0 amide bonds. The maximum Gasteiger partial charge on any atom is 0.516 e. The minimum absolute atomic E-state index is 0.0836. The van der Waals surface area contributed by atoms with E-state index in [-0.39, 0.29) is 23.6 Å². The molecule has 32 heavy (non-hydrogen) atoms. The SMILES string of the molecule is Cc1ccc(NS(=O)(=O)C(F)(F)F)c(/C(=N/OCc2ccc(C(F)(F)F)cc2)C(C)C)c1. The van der Waals surface area contributed by atoms with Crippen molar-refractivity contribution in [1.29, 1.82) is 0 Å². The number of hydrogen-bond acceptors (Lipinski definition) is 4. The smallest absolute Gasteiger partial charge is 0.391 e. The molecule has 0 heterocycles. The lowest BCUT2D eigenvalue weighted by atomic mass is 9.97. The number of hydrogen-bond donors (Lipinski definition) is 1. The maximum atomic E-state index is 12.8. The van der Waals surface area contributed by atoms with E-state index in [9.17, 15) is 34.8 Å². The van der Waals surface area contributed by atoms with Crippen LogP contribution in [0, 0.1) is 12.8 Å². The first-order valence-electron chi connectivity index (χ1n) is 9.18. The molecule has 0 unspecified atom stereocenters. The predicted molar refractivity (Wildman–Crippen MR) is 107 cm³/mol. The molecule has 0 radical (unpaired) electrons. The van der Waals surface area contributed by atoms with Gasteiger partial charge in [-0.3, -0.25) is 4.72 Å². The van der Waals surface area contributed by atoms with Gasteiger partial charge in [-0.1, -0.05) is 42.8 Å². The Bertz CT molecular complexity index is 1080. The Balaban J connectivity index is 2.32. The standard InChI is InChI=1S/C20H20F6N2O3S/c1-12(2)18(27-31-11-14-5-7-15(8-6-14)19(21,22)23)16-10-13(3)4-9-17(16)28-32(29,30)20(24,25)26/h4-10,12,28H,11H2,1-3H3/b27-18+. The van der Waals surface area contributed by atoms with Crippen molar-refractivity contribution in [2.24, 2.45) is 11.1 Å². The molecule has 0 aliphatic carbocycles. The van der Waals surface area contributed by atoms with Crippen LogP contribution in [0.25, 0.3) is 0 Å². The van der Waals surface area contributed by atoms with E-state index in [4.69, 9.17) is 4.84 Å². The largest absolute Gasteiger partial charge is 0.516 e. The summed E-state index contributed by atoms with van der Waals surface area (Å²) in [5, 5.41) is 3.93. The van der Waals surface area contributed by atoms with Crippen molar-refractivity contribution >= 4 is 21.4 Å². The summed E-state index contributed by atoms with van der Waals surface area (Å²) in [5.41, 5.74) is -5.42. The van der Waals surface area contributed by atoms with Gasteiger partial charge in [0.15, 0.2) is 0 Å². The summed E-state index contributed by atoms with van der Waals surface area (Å²) in [6.07, 6.45) is -4.48. The Hall–Kier alpha value is -2.76. The van der Waals surface area contributed by atoms with Gasteiger partial charge in [-0.15, -0.1) is 0 Å². The number of rotatable bonds is 7. The zero-order valence-electron chi connectivity index (χ0n) is 17.2. The Morgan fingerprint density at radius 2 is 1.62 bits per heavy atom. The zero-order valence-corrected chi connectivity index (χ0v) is 18.0. The van der Waals surface area contributed by atoms with Crippen molar-refractivity contribution in [2.75, 3.05) is 4.72 Å².